The summed E-state index contributed by atoms with van der Waals surface area (Å²) in [7, 11) is -1.39. The Hall–Kier alpha value is -1.89. The molecule has 1 unspecified atom stereocenters. The Kier molecular flexibility index (Phi) is 6.35. The zero-order chi connectivity index (χ0) is 20.4. The number of benzene rings is 1. The van der Waals surface area contributed by atoms with E-state index in [0.29, 0.717) is 6.42 Å². The Morgan fingerprint density at radius 2 is 1.74 bits per heavy atom. The fourth-order valence-electron chi connectivity index (χ4n) is 3.28. The Balaban J connectivity index is 2.02. The average molecular weight is 395 g/mol. The molecule has 150 valence electrons. The van der Waals surface area contributed by atoms with Crippen molar-refractivity contribution in [3.8, 4) is 0 Å². The zero-order valence-corrected chi connectivity index (χ0v) is 17.7. The summed E-state index contributed by atoms with van der Waals surface area (Å²) in [5.41, 5.74) is 1.96. The first-order chi connectivity index (χ1) is 12.4. The molecule has 1 aliphatic rings. The lowest BCUT2D eigenvalue weighted by molar-refractivity contribution is -0.131. The number of sulfone groups is 1. The van der Waals surface area contributed by atoms with Crippen LogP contribution in [-0.2, 0) is 24.8 Å². The van der Waals surface area contributed by atoms with Gasteiger partial charge < -0.3 is 9.80 Å². The zero-order valence-electron chi connectivity index (χ0n) is 16.9. The van der Waals surface area contributed by atoms with Crippen LogP contribution < -0.4 is 4.90 Å². The summed E-state index contributed by atoms with van der Waals surface area (Å²) >= 11 is 0. The van der Waals surface area contributed by atoms with Crippen molar-refractivity contribution >= 4 is 27.3 Å². The van der Waals surface area contributed by atoms with E-state index in [4.69, 9.17) is 0 Å². The summed E-state index contributed by atoms with van der Waals surface area (Å²) < 4.78 is 23.2. The number of hydrogen-bond acceptors (Lipinski definition) is 4. The van der Waals surface area contributed by atoms with Gasteiger partial charge in [0.2, 0.25) is 11.8 Å². The van der Waals surface area contributed by atoms with Gasteiger partial charge in [-0.3, -0.25) is 9.59 Å². The number of anilines is 1. The minimum absolute atomic E-state index is 0.0277. The maximum atomic E-state index is 12.5. The SMILES string of the molecule is CC(=O)N(CCC(=O)N(C)C1CCS(=O)(=O)C1)c1ccc(C(C)(C)C)cc1. The third-order valence-corrected chi connectivity index (χ3v) is 6.87. The second-order valence-electron chi connectivity index (χ2n) is 8.28. The van der Waals surface area contributed by atoms with Gasteiger partial charge in [0.25, 0.3) is 0 Å². The second kappa shape index (κ2) is 8.00. The second-order valence-corrected chi connectivity index (χ2v) is 10.5. The van der Waals surface area contributed by atoms with Crippen LogP contribution in [0, 0.1) is 0 Å². The van der Waals surface area contributed by atoms with Crippen LogP contribution in [0.25, 0.3) is 0 Å². The van der Waals surface area contributed by atoms with E-state index in [1.807, 2.05) is 24.3 Å². The van der Waals surface area contributed by atoms with Crippen molar-refractivity contribution in [2.24, 2.45) is 0 Å². The van der Waals surface area contributed by atoms with Crippen LogP contribution in [0.2, 0.25) is 0 Å². The molecular formula is C20H30N2O4S. The molecule has 1 heterocycles. The molecule has 6 nitrogen and oxygen atoms in total. The molecule has 0 saturated carbocycles. The van der Waals surface area contributed by atoms with Crippen LogP contribution in [0.1, 0.15) is 46.1 Å². The van der Waals surface area contributed by atoms with E-state index in [1.54, 1.807) is 11.9 Å². The molecule has 1 saturated heterocycles. The summed E-state index contributed by atoms with van der Waals surface area (Å²) in [6, 6.07) is 7.55. The average Bonchev–Trinajstić information content (AvgIpc) is 2.93. The molecule has 1 atom stereocenters. The largest absolute Gasteiger partial charge is 0.342 e. The molecule has 0 aliphatic carbocycles. The van der Waals surface area contributed by atoms with Crippen molar-refractivity contribution in [3.05, 3.63) is 29.8 Å². The molecular weight excluding hydrogens is 364 g/mol. The fourth-order valence-corrected chi connectivity index (χ4v) is 5.05. The quantitative estimate of drug-likeness (QED) is 0.768. The highest BCUT2D eigenvalue weighted by atomic mass is 32.2. The molecule has 2 rings (SSSR count). The van der Waals surface area contributed by atoms with E-state index in [2.05, 4.69) is 20.8 Å². The van der Waals surface area contributed by atoms with Crippen molar-refractivity contribution in [2.75, 3.05) is 30.0 Å². The third kappa shape index (κ3) is 5.54. The smallest absolute Gasteiger partial charge is 0.224 e. The lowest BCUT2D eigenvalue weighted by Gasteiger charge is -2.26. The highest BCUT2D eigenvalue weighted by Gasteiger charge is 2.32. The molecule has 0 aromatic heterocycles. The number of amides is 2. The first-order valence-electron chi connectivity index (χ1n) is 9.25. The molecule has 1 fully saturated rings. The minimum Gasteiger partial charge on any atom is -0.342 e. The van der Waals surface area contributed by atoms with Gasteiger partial charge in [-0.15, -0.1) is 0 Å². The van der Waals surface area contributed by atoms with Gasteiger partial charge in [0, 0.05) is 38.7 Å². The van der Waals surface area contributed by atoms with Gasteiger partial charge in [-0.25, -0.2) is 8.42 Å². The topological polar surface area (TPSA) is 74.8 Å². The van der Waals surface area contributed by atoms with E-state index in [9.17, 15) is 18.0 Å². The highest BCUT2D eigenvalue weighted by Crippen LogP contribution is 2.25. The summed E-state index contributed by atoms with van der Waals surface area (Å²) in [5, 5.41) is 0. The molecule has 0 spiro atoms. The summed E-state index contributed by atoms with van der Waals surface area (Å²) in [6.45, 7) is 8.13. The number of carbonyl (C=O) groups is 2. The van der Waals surface area contributed by atoms with Crippen LogP contribution in [-0.4, -0.2) is 56.3 Å². The summed E-state index contributed by atoms with van der Waals surface area (Å²) in [5.74, 6) is -0.110. The third-order valence-electron chi connectivity index (χ3n) is 5.12. The van der Waals surface area contributed by atoms with Crippen LogP contribution in [0.4, 0.5) is 5.69 Å². The van der Waals surface area contributed by atoms with Gasteiger partial charge in [-0.1, -0.05) is 32.9 Å². The van der Waals surface area contributed by atoms with Gasteiger partial charge in [-0.2, -0.15) is 0 Å². The minimum atomic E-state index is -3.04. The normalized spacial score (nSPS) is 18.9. The Bertz CT molecular complexity index is 794. The predicted octanol–water partition coefficient (Wildman–Crippen LogP) is 2.37. The lowest BCUT2D eigenvalue weighted by atomic mass is 9.87. The molecule has 1 aromatic rings. The maximum absolute atomic E-state index is 12.5. The van der Waals surface area contributed by atoms with Crippen LogP contribution in [0.15, 0.2) is 24.3 Å². The van der Waals surface area contributed by atoms with E-state index in [-0.39, 0.29) is 47.7 Å². The molecule has 1 aliphatic heterocycles. The number of rotatable bonds is 5. The van der Waals surface area contributed by atoms with Crippen LogP contribution in [0.5, 0.6) is 0 Å². The van der Waals surface area contributed by atoms with Gasteiger partial charge in [-0.05, 0) is 29.5 Å². The highest BCUT2D eigenvalue weighted by molar-refractivity contribution is 7.91. The first kappa shape index (κ1) is 21.4. The van der Waals surface area contributed by atoms with Crippen LogP contribution in [0.3, 0.4) is 0 Å². The summed E-state index contributed by atoms with van der Waals surface area (Å²) in [4.78, 5) is 27.7. The maximum Gasteiger partial charge on any atom is 0.224 e. The summed E-state index contributed by atoms with van der Waals surface area (Å²) in [6.07, 6.45) is 0.642. The Morgan fingerprint density at radius 3 is 2.19 bits per heavy atom. The fraction of sp³-hybridized carbons (Fsp3) is 0.600. The van der Waals surface area contributed by atoms with Crippen molar-refractivity contribution in [3.63, 3.8) is 0 Å². The van der Waals surface area contributed by atoms with Crippen molar-refractivity contribution in [1.29, 1.82) is 0 Å². The van der Waals surface area contributed by atoms with Crippen molar-refractivity contribution in [2.45, 2.75) is 52.0 Å². The predicted molar refractivity (Wildman–Crippen MR) is 108 cm³/mol. The lowest BCUT2D eigenvalue weighted by Crippen LogP contribution is -2.40. The van der Waals surface area contributed by atoms with E-state index in [1.165, 1.54) is 17.4 Å². The van der Waals surface area contributed by atoms with Crippen molar-refractivity contribution < 1.29 is 18.0 Å². The first-order valence-corrected chi connectivity index (χ1v) is 11.1. The number of hydrogen-bond donors (Lipinski definition) is 0. The van der Waals surface area contributed by atoms with Gasteiger partial charge in [0.15, 0.2) is 9.84 Å². The molecule has 7 heteroatoms. The molecule has 0 N–H and O–H groups in total. The molecule has 1 aromatic carbocycles. The molecule has 27 heavy (non-hydrogen) atoms. The standard InChI is InChI=1S/C20H30N2O4S/c1-15(23)22(17-8-6-16(7-9-17)20(2,3)4)12-10-19(24)21(5)18-11-13-27(25,26)14-18/h6-9,18H,10-14H2,1-5H3. The van der Waals surface area contributed by atoms with Crippen LogP contribution >= 0.6 is 0 Å². The molecule has 2 amide bonds. The van der Waals surface area contributed by atoms with E-state index in [0.717, 1.165) is 5.69 Å². The molecule has 0 bridgehead atoms. The van der Waals surface area contributed by atoms with Gasteiger partial charge in [0.1, 0.15) is 0 Å². The Labute approximate surface area is 162 Å². The van der Waals surface area contributed by atoms with E-state index < -0.39 is 9.84 Å². The number of nitrogens with zero attached hydrogens (tertiary/aromatic N) is 2. The molecule has 0 radical (unpaired) electrons. The number of carbonyl (C=O) groups excluding carboxylic acids is 2. The monoisotopic (exact) mass is 394 g/mol. The van der Waals surface area contributed by atoms with Crippen molar-refractivity contribution in [1.82, 2.24) is 4.90 Å². The van der Waals surface area contributed by atoms with E-state index >= 15 is 0 Å². The van der Waals surface area contributed by atoms with Gasteiger partial charge >= 0.3 is 0 Å². The Morgan fingerprint density at radius 1 is 1.15 bits per heavy atom. The van der Waals surface area contributed by atoms with Gasteiger partial charge in [0.05, 0.1) is 11.5 Å².